The first kappa shape index (κ1) is 14.5. The van der Waals surface area contributed by atoms with Gasteiger partial charge in [0.05, 0.1) is 11.6 Å². The normalized spacial score (nSPS) is 16.1. The van der Waals surface area contributed by atoms with Gasteiger partial charge in [0.15, 0.2) is 0 Å². The van der Waals surface area contributed by atoms with Crippen LogP contribution in [0.4, 0.5) is 4.39 Å². The maximum absolute atomic E-state index is 13.3. The fourth-order valence-electron chi connectivity index (χ4n) is 2.88. The molecular formula is C16H19FN2O. The van der Waals surface area contributed by atoms with Gasteiger partial charge in [0.1, 0.15) is 5.82 Å². The second-order valence-electron chi connectivity index (χ2n) is 5.63. The summed E-state index contributed by atoms with van der Waals surface area (Å²) in [5.74, 6) is -0.857. The predicted octanol–water partition coefficient (Wildman–Crippen LogP) is 3.40. The molecule has 0 saturated heterocycles. The number of nitrogens with one attached hydrogen (secondary N) is 1. The number of carbonyl (C=O) groups is 1. The molecule has 0 spiro atoms. The lowest BCUT2D eigenvalue weighted by molar-refractivity contribution is 0.0832. The number of benzene rings is 1. The molecule has 0 aromatic heterocycles. The number of hydrogen-bond acceptors (Lipinski definition) is 2. The van der Waals surface area contributed by atoms with E-state index in [1.165, 1.54) is 18.6 Å². The molecule has 1 saturated carbocycles. The van der Waals surface area contributed by atoms with Crippen LogP contribution in [0.2, 0.25) is 0 Å². The van der Waals surface area contributed by atoms with Gasteiger partial charge >= 0.3 is 0 Å². The molecule has 4 heteroatoms. The van der Waals surface area contributed by atoms with Gasteiger partial charge in [-0.25, -0.2) is 4.39 Å². The molecule has 2 rings (SSSR count). The van der Waals surface area contributed by atoms with Crippen LogP contribution in [0.5, 0.6) is 0 Å². The van der Waals surface area contributed by atoms with Gasteiger partial charge in [-0.1, -0.05) is 19.8 Å². The molecule has 1 amide bonds. The lowest BCUT2D eigenvalue weighted by Gasteiger charge is -2.42. The molecule has 3 nitrogen and oxygen atoms in total. The minimum Gasteiger partial charge on any atom is -0.351 e. The standard InChI is InChI=1S/C16H19FN2O/c1-2-4-16(5-3-6-16)11-19-15(20)13-7-12(10-18)8-14(17)9-13/h7-9H,2-6,11H2,1H3,(H,19,20). The van der Waals surface area contributed by atoms with E-state index in [4.69, 9.17) is 5.26 Å². The molecule has 1 aliphatic rings. The summed E-state index contributed by atoms with van der Waals surface area (Å²) in [6.45, 7) is 2.78. The molecule has 20 heavy (non-hydrogen) atoms. The molecular weight excluding hydrogens is 255 g/mol. The lowest BCUT2D eigenvalue weighted by atomic mass is 9.66. The second-order valence-corrected chi connectivity index (χ2v) is 5.63. The third-order valence-corrected chi connectivity index (χ3v) is 4.11. The van der Waals surface area contributed by atoms with Crippen molar-refractivity contribution < 1.29 is 9.18 Å². The number of nitrogens with zero attached hydrogens (tertiary/aromatic N) is 1. The molecule has 1 N–H and O–H groups in total. The summed E-state index contributed by atoms with van der Waals surface area (Å²) in [5.41, 5.74) is 0.616. The van der Waals surface area contributed by atoms with Crippen molar-refractivity contribution in [3.63, 3.8) is 0 Å². The number of amides is 1. The summed E-state index contributed by atoms with van der Waals surface area (Å²) in [5, 5.41) is 11.7. The van der Waals surface area contributed by atoms with Crippen LogP contribution in [-0.4, -0.2) is 12.5 Å². The first-order valence-corrected chi connectivity index (χ1v) is 7.07. The maximum atomic E-state index is 13.3. The molecule has 0 atom stereocenters. The molecule has 1 aromatic carbocycles. The molecule has 0 aliphatic heterocycles. The lowest BCUT2D eigenvalue weighted by Crippen LogP contribution is -2.42. The van der Waals surface area contributed by atoms with Gasteiger partial charge in [-0.2, -0.15) is 5.26 Å². The summed E-state index contributed by atoms with van der Waals surface area (Å²) in [6, 6.07) is 5.58. The summed E-state index contributed by atoms with van der Waals surface area (Å²) >= 11 is 0. The Bertz CT molecular complexity index is 544. The topological polar surface area (TPSA) is 52.9 Å². The van der Waals surface area contributed by atoms with Gasteiger partial charge in [0.2, 0.25) is 0 Å². The van der Waals surface area contributed by atoms with Crippen LogP contribution >= 0.6 is 0 Å². The number of hydrogen-bond donors (Lipinski definition) is 1. The first-order valence-electron chi connectivity index (χ1n) is 7.07. The third kappa shape index (κ3) is 3.16. The zero-order valence-electron chi connectivity index (χ0n) is 11.7. The minimum atomic E-state index is -0.555. The van der Waals surface area contributed by atoms with Crippen molar-refractivity contribution in [2.45, 2.75) is 39.0 Å². The van der Waals surface area contributed by atoms with Crippen molar-refractivity contribution in [1.82, 2.24) is 5.32 Å². The molecule has 0 unspecified atom stereocenters. The van der Waals surface area contributed by atoms with Crippen molar-refractivity contribution in [2.24, 2.45) is 5.41 Å². The highest BCUT2D eigenvalue weighted by molar-refractivity contribution is 5.94. The average molecular weight is 274 g/mol. The van der Waals surface area contributed by atoms with Crippen LogP contribution in [0.3, 0.4) is 0 Å². The summed E-state index contributed by atoms with van der Waals surface area (Å²) < 4.78 is 13.3. The van der Waals surface area contributed by atoms with Crippen molar-refractivity contribution in [3.05, 3.63) is 35.1 Å². The van der Waals surface area contributed by atoms with Crippen molar-refractivity contribution in [3.8, 4) is 6.07 Å². The Kier molecular flexibility index (Phi) is 4.39. The molecule has 0 heterocycles. The maximum Gasteiger partial charge on any atom is 0.251 e. The monoisotopic (exact) mass is 274 g/mol. The van der Waals surface area contributed by atoms with Gasteiger partial charge in [0.25, 0.3) is 5.91 Å². The van der Waals surface area contributed by atoms with Gasteiger partial charge in [-0.3, -0.25) is 4.79 Å². The molecule has 1 aromatic rings. The highest BCUT2D eigenvalue weighted by Crippen LogP contribution is 2.44. The highest BCUT2D eigenvalue weighted by atomic mass is 19.1. The van der Waals surface area contributed by atoms with E-state index in [1.54, 1.807) is 0 Å². The van der Waals surface area contributed by atoms with E-state index in [9.17, 15) is 9.18 Å². The zero-order chi connectivity index (χ0) is 14.6. The summed E-state index contributed by atoms with van der Waals surface area (Å²) in [6.07, 6.45) is 5.73. The Balaban J connectivity index is 2.02. The van der Waals surface area contributed by atoms with E-state index in [-0.39, 0.29) is 22.4 Å². The van der Waals surface area contributed by atoms with Gasteiger partial charge in [0, 0.05) is 12.1 Å². The number of rotatable bonds is 5. The molecule has 0 radical (unpaired) electrons. The van der Waals surface area contributed by atoms with Gasteiger partial charge in [-0.15, -0.1) is 0 Å². The third-order valence-electron chi connectivity index (χ3n) is 4.11. The summed E-state index contributed by atoms with van der Waals surface area (Å²) in [7, 11) is 0. The largest absolute Gasteiger partial charge is 0.351 e. The predicted molar refractivity (Wildman–Crippen MR) is 74.6 cm³/mol. The van der Waals surface area contributed by atoms with Gasteiger partial charge in [-0.05, 0) is 42.9 Å². The van der Waals surface area contributed by atoms with E-state index in [0.29, 0.717) is 6.54 Å². The first-order chi connectivity index (χ1) is 9.58. The number of halogens is 1. The van der Waals surface area contributed by atoms with E-state index >= 15 is 0 Å². The van der Waals surface area contributed by atoms with Crippen LogP contribution in [0.15, 0.2) is 18.2 Å². The van der Waals surface area contributed by atoms with Crippen LogP contribution < -0.4 is 5.32 Å². The number of nitriles is 1. The zero-order valence-corrected chi connectivity index (χ0v) is 11.7. The average Bonchev–Trinajstić information content (AvgIpc) is 2.40. The quantitative estimate of drug-likeness (QED) is 0.894. The Morgan fingerprint density at radius 2 is 2.20 bits per heavy atom. The second kappa shape index (κ2) is 6.04. The smallest absolute Gasteiger partial charge is 0.251 e. The fourth-order valence-corrected chi connectivity index (χ4v) is 2.88. The minimum absolute atomic E-state index is 0.169. The van der Waals surface area contributed by atoms with Crippen molar-refractivity contribution in [2.75, 3.05) is 6.54 Å². The van der Waals surface area contributed by atoms with Crippen LogP contribution in [-0.2, 0) is 0 Å². The van der Waals surface area contributed by atoms with E-state index in [0.717, 1.165) is 31.7 Å². The van der Waals surface area contributed by atoms with E-state index in [1.807, 2.05) is 6.07 Å². The molecule has 1 aliphatic carbocycles. The van der Waals surface area contributed by atoms with Crippen molar-refractivity contribution in [1.29, 1.82) is 5.26 Å². The van der Waals surface area contributed by atoms with E-state index < -0.39 is 5.82 Å². The van der Waals surface area contributed by atoms with E-state index in [2.05, 4.69) is 12.2 Å². The summed E-state index contributed by atoms with van der Waals surface area (Å²) in [4.78, 5) is 12.1. The Morgan fingerprint density at radius 3 is 2.75 bits per heavy atom. The van der Waals surface area contributed by atoms with Gasteiger partial charge < -0.3 is 5.32 Å². The van der Waals surface area contributed by atoms with Crippen LogP contribution in [0.25, 0.3) is 0 Å². The van der Waals surface area contributed by atoms with Crippen LogP contribution in [0.1, 0.15) is 54.9 Å². The van der Waals surface area contributed by atoms with Crippen molar-refractivity contribution >= 4 is 5.91 Å². The Morgan fingerprint density at radius 1 is 1.45 bits per heavy atom. The Labute approximate surface area is 118 Å². The molecule has 106 valence electrons. The Hall–Kier alpha value is -1.89. The highest BCUT2D eigenvalue weighted by Gasteiger charge is 2.36. The van der Waals surface area contributed by atoms with Crippen LogP contribution in [0, 0.1) is 22.6 Å². The molecule has 1 fully saturated rings. The number of carbonyl (C=O) groups excluding carboxylic acids is 1. The fraction of sp³-hybridized carbons (Fsp3) is 0.500. The SMILES string of the molecule is CCCC1(CNC(=O)c2cc(F)cc(C#N)c2)CCC1. The molecule has 0 bridgehead atoms.